The molecule has 2 aromatic heterocycles. The lowest BCUT2D eigenvalue weighted by Gasteiger charge is -2.36. The van der Waals surface area contributed by atoms with E-state index >= 15 is 0 Å². The van der Waals surface area contributed by atoms with E-state index in [1.165, 1.54) is 12.1 Å². The molecule has 0 radical (unpaired) electrons. The summed E-state index contributed by atoms with van der Waals surface area (Å²) in [5.41, 5.74) is 2.17. The van der Waals surface area contributed by atoms with Gasteiger partial charge in [0.05, 0.1) is 5.69 Å². The predicted octanol–water partition coefficient (Wildman–Crippen LogP) is 4.40. The molecule has 12 heteroatoms. The Morgan fingerprint density at radius 1 is 1.05 bits per heavy atom. The number of benzene rings is 1. The molecule has 2 aliphatic rings. The number of hydrogen-bond donors (Lipinski definition) is 3. The highest BCUT2D eigenvalue weighted by Crippen LogP contribution is 2.29. The smallest absolute Gasteiger partial charge is 0.410 e. The van der Waals surface area contributed by atoms with E-state index in [0.29, 0.717) is 68.6 Å². The first-order chi connectivity index (χ1) is 20.9. The summed E-state index contributed by atoms with van der Waals surface area (Å²) in [6.07, 6.45) is 8.66. The van der Waals surface area contributed by atoms with Gasteiger partial charge < -0.3 is 29.5 Å². The second-order valence-corrected chi connectivity index (χ2v) is 12.1. The average molecular weight is 603 g/mol. The number of piperazine rings is 1. The van der Waals surface area contributed by atoms with Gasteiger partial charge in [0.15, 0.2) is 5.84 Å². The maximum atomic E-state index is 13.4. The van der Waals surface area contributed by atoms with Gasteiger partial charge in [-0.15, -0.1) is 0 Å². The summed E-state index contributed by atoms with van der Waals surface area (Å²) in [5.74, 6) is 0.876. The van der Waals surface area contributed by atoms with E-state index < -0.39 is 11.2 Å². The first kappa shape index (κ1) is 30.9. The summed E-state index contributed by atoms with van der Waals surface area (Å²) >= 11 is 0. The molecular formula is C32H39FN8O3. The predicted molar refractivity (Wildman–Crippen MR) is 167 cm³/mol. The highest BCUT2D eigenvalue weighted by atomic mass is 19.1. The summed E-state index contributed by atoms with van der Waals surface area (Å²) in [7, 11) is 0. The second-order valence-electron chi connectivity index (χ2n) is 12.1. The van der Waals surface area contributed by atoms with E-state index in [4.69, 9.17) is 10.1 Å². The Hall–Kier alpha value is -4.58. The molecule has 0 spiro atoms. The molecule has 0 saturated carbocycles. The fourth-order valence-corrected chi connectivity index (χ4v) is 5.31. The van der Waals surface area contributed by atoms with Crippen molar-refractivity contribution < 1.29 is 19.0 Å². The SMILES string of the molecule is CC(C)(C)OC(=O)N1CC=C(c2c[nH]c(C(=NC=N)N3CCN(c4ncc([C@@](C)(O)c5ccc(F)cc5)cn4)CC3)c2)CC1. The minimum Gasteiger partial charge on any atom is -0.444 e. The fraction of sp³-hybridized carbons (Fsp3) is 0.406. The number of carbonyl (C=O) groups excluding carboxylic acids is 1. The number of rotatable bonds is 6. The molecule has 1 aromatic carbocycles. The van der Waals surface area contributed by atoms with Gasteiger partial charge in [0.1, 0.15) is 23.4 Å². The van der Waals surface area contributed by atoms with E-state index in [9.17, 15) is 14.3 Å². The number of amidine groups is 1. The van der Waals surface area contributed by atoms with E-state index in [1.54, 1.807) is 36.4 Å². The van der Waals surface area contributed by atoms with Crippen LogP contribution in [-0.4, -0.2) is 93.0 Å². The Morgan fingerprint density at radius 3 is 2.32 bits per heavy atom. The Bertz CT molecular complexity index is 1530. The van der Waals surface area contributed by atoms with Crippen LogP contribution in [0.5, 0.6) is 0 Å². The van der Waals surface area contributed by atoms with Gasteiger partial charge in [-0.05, 0) is 69.0 Å². The summed E-state index contributed by atoms with van der Waals surface area (Å²) in [6, 6.07) is 7.78. The van der Waals surface area contributed by atoms with Crippen LogP contribution >= 0.6 is 0 Å². The number of aliphatic hydroxyl groups is 1. The Kier molecular flexibility index (Phi) is 8.82. The Labute approximate surface area is 256 Å². The number of carbonyl (C=O) groups is 1. The third-order valence-corrected chi connectivity index (χ3v) is 7.81. The summed E-state index contributed by atoms with van der Waals surface area (Å²) < 4.78 is 18.9. The van der Waals surface area contributed by atoms with E-state index in [0.717, 1.165) is 23.2 Å². The molecule has 44 heavy (non-hydrogen) atoms. The molecule has 1 saturated heterocycles. The number of aromatic nitrogens is 3. The number of ether oxygens (including phenoxy) is 1. The van der Waals surface area contributed by atoms with Crippen molar-refractivity contribution >= 4 is 29.8 Å². The monoisotopic (exact) mass is 602 g/mol. The number of aromatic amines is 1. The normalized spacial score (nSPS) is 17.6. The van der Waals surface area contributed by atoms with Crippen LogP contribution in [-0.2, 0) is 10.3 Å². The first-order valence-corrected chi connectivity index (χ1v) is 14.7. The zero-order chi connectivity index (χ0) is 31.5. The molecule has 1 fully saturated rings. The van der Waals surface area contributed by atoms with Gasteiger partial charge in [-0.25, -0.2) is 24.1 Å². The molecule has 0 unspecified atom stereocenters. The van der Waals surface area contributed by atoms with E-state index in [2.05, 4.69) is 35.8 Å². The van der Waals surface area contributed by atoms with Crippen LogP contribution in [0.2, 0.25) is 0 Å². The number of aliphatic imine (C=N–C) groups is 1. The minimum absolute atomic E-state index is 0.305. The topological polar surface area (TPSA) is 134 Å². The van der Waals surface area contributed by atoms with Crippen molar-refractivity contribution in [1.82, 2.24) is 24.8 Å². The molecule has 0 bridgehead atoms. The number of nitrogens with zero attached hydrogens (tertiary/aromatic N) is 6. The standard InChI is InChI=1S/C32H39FN8O3/c1-31(2,3)44-30(42)41-11-9-22(10-12-41)23-17-27(35-18-23)28(38-21-34)39-13-15-40(16-14-39)29-36-19-25(20-37-29)32(4,43)24-5-7-26(33)8-6-24/h5-9,17-21,34-35,43H,10-16H2,1-4H3/t32-/m0/s1. The van der Waals surface area contributed by atoms with Crippen molar-refractivity contribution in [2.45, 2.75) is 45.3 Å². The van der Waals surface area contributed by atoms with Gasteiger partial charge in [0.25, 0.3) is 0 Å². The number of amides is 1. The third-order valence-electron chi connectivity index (χ3n) is 7.81. The minimum atomic E-state index is -1.36. The second kappa shape index (κ2) is 12.6. The number of nitrogens with one attached hydrogen (secondary N) is 2. The van der Waals surface area contributed by atoms with Gasteiger partial charge in [0.2, 0.25) is 5.95 Å². The molecule has 11 nitrogen and oxygen atoms in total. The van der Waals surface area contributed by atoms with Gasteiger partial charge in [0, 0.05) is 63.4 Å². The lowest BCUT2D eigenvalue weighted by Crippen LogP contribution is -2.49. The molecule has 1 atom stereocenters. The number of hydrogen-bond acceptors (Lipinski definition) is 7. The molecule has 232 valence electrons. The number of H-pyrrole nitrogens is 1. The zero-order valence-electron chi connectivity index (χ0n) is 25.5. The van der Waals surface area contributed by atoms with Crippen LogP contribution in [0.15, 0.2) is 60.0 Å². The molecule has 0 aliphatic carbocycles. The van der Waals surface area contributed by atoms with Crippen LogP contribution in [0.4, 0.5) is 15.1 Å². The van der Waals surface area contributed by atoms with Crippen molar-refractivity contribution in [2.75, 3.05) is 44.2 Å². The van der Waals surface area contributed by atoms with Crippen LogP contribution in [0.25, 0.3) is 5.57 Å². The lowest BCUT2D eigenvalue weighted by molar-refractivity contribution is 0.0270. The van der Waals surface area contributed by atoms with Crippen LogP contribution < -0.4 is 4.90 Å². The average Bonchev–Trinajstić information content (AvgIpc) is 3.50. The summed E-state index contributed by atoms with van der Waals surface area (Å²) in [4.78, 5) is 35.1. The molecular weight excluding hydrogens is 563 g/mol. The van der Waals surface area contributed by atoms with Gasteiger partial charge >= 0.3 is 6.09 Å². The van der Waals surface area contributed by atoms with Crippen molar-refractivity contribution in [2.24, 2.45) is 4.99 Å². The van der Waals surface area contributed by atoms with E-state index in [1.807, 2.05) is 33.0 Å². The first-order valence-electron chi connectivity index (χ1n) is 14.7. The van der Waals surface area contributed by atoms with Crippen molar-refractivity contribution in [3.05, 3.63) is 83.2 Å². The van der Waals surface area contributed by atoms with Crippen LogP contribution in [0.1, 0.15) is 56.5 Å². The highest BCUT2D eigenvalue weighted by Gasteiger charge is 2.29. The van der Waals surface area contributed by atoms with Crippen molar-refractivity contribution in [3.8, 4) is 0 Å². The summed E-state index contributed by atoms with van der Waals surface area (Å²) in [6.45, 7) is 10.9. The molecule has 4 heterocycles. The molecule has 2 aliphatic heterocycles. The van der Waals surface area contributed by atoms with Crippen molar-refractivity contribution in [3.63, 3.8) is 0 Å². The van der Waals surface area contributed by atoms with E-state index in [-0.39, 0.29) is 11.9 Å². The maximum absolute atomic E-state index is 13.4. The Morgan fingerprint density at radius 2 is 1.73 bits per heavy atom. The van der Waals surface area contributed by atoms with Gasteiger partial charge in [-0.1, -0.05) is 18.2 Å². The molecule has 1 amide bonds. The molecule has 3 aromatic rings. The lowest BCUT2D eigenvalue weighted by atomic mass is 9.90. The van der Waals surface area contributed by atoms with Crippen LogP contribution in [0.3, 0.4) is 0 Å². The quantitative estimate of drug-likeness (QED) is 0.281. The van der Waals surface area contributed by atoms with Crippen LogP contribution in [0, 0.1) is 11.2 Å². The number of halogens is 1. The summed E-state index contributed by atoms with van der Waals surface area (Å²) in [5, 5.41) is 18.7. The molecule has 5 rings (SSSR count). The maximum Gasteiger partial charge on any atom is 0.410 e. The molecule has 3 N–H and O–H groups in total. The Balaban J connectivity index is 1.21. The third kappa shape index (κ3) is 6.96. The highest BCUT2D eigenvalue weighted by molar-refractivity contribution is 6.01. The largest absolute Gasteiger partial charge is 0.444 e. The zero-order valence-corrected chi connectivity index (χ0v) is 25.5. The van der Waals surface area contributed by atoms with Gasteiger partial charge in [-0.3, -0.25) is 5.41 Å². The van der Waals surface area contributed by atoms with Gasteiger partial charge in [-0.2, -0.15) is 0 Å². The van der Waals surface area contributed by atoms with Crippen molar-refractivity contribution in [1.29, 1.82) is 5.41 Å². The number of anilines is 1. The fourth-order valence-electron chi connectivity index (χ4n) is 5.31.